The van der Waals surface area contributed by atoms with Crippen molar-refractivity contribution in [3.63, 3.8) is 0 Å². The molecule has 0 saturated heterocycles. The maximum Gasteiger partial charge on any atom is 0.417 e. The Morgan fingerprint density at radius 2 is 1.66 bits per heavy atom. The van der Waals surface area contributed by atoms with Crippen LogP contribution in [0.4, 0.5) is 17.6 Å². The molecule has 0 amide bonds. The molecule has 9 heteroatoms. The van der Waals surface area contributed by atoms with E-state index in [0.29, 0.717) is 5.56 Å². The van der Waals surface area contributed by atoms with Gasteiger partial charge in [0.15, 0.2) is 5.76 Å². The molecule has 4 rings (SSSR count). The average molecular weight is 485 g/mol. The van der Waals surface area contributed by atoms with Gasteiger partial charge in [0.1, 0.15) is 11.5 Å². The normalized spacial score (nSPS) is 11.5. The molecule has 4 aromatic rings. The summed E-state index contributed by atoms with van der Waals surface area (Å²) in [7, 11) is 2.44. The van der Waals surface area contributed by atoms with Crippen molar-refractivity contribution in [3.05, 3.63) is 89.2 Å². The zero-order valence-corrected chi connectivity index (χ0v) is 18.7. The fraction of sp³-hybridized carbons (Fsp3) is 0.154. The lowest BCUT2D eigenvalue weighted by molar-refractivity contribution is -0.138. The molecule has 0 radical (unpaired) electrons. The van der Waals surface area contributed by atoms with E-state index in [1.165, 1.54) is 37.4 Å². The lowest BCUT2D eigenvalue weighted by atomic mass is 9.90. The Labute approximate surface area is 197 Å². The monoisotopic (exact) mass is 485 g/mol. The third-order valence-corrected chi connectivity index (χ3v) is 5.42. The predicted octanol–water partition coefficient (Wildman–Crippen LogP) is 6.77. The van der Waals surface area contributed by atoms with Crippen LogP contribution in [0.25, 0.3) is 33.7 Å². The maximum atomic E-state index is 14.4. The lowest BCUT2D eigenvalue weighted by Crippen LogP contribution is -2.13. The van der Waals surface area contributed by atoms with Crippen molar-refractivity contribution in [2.24, 2.45) is 0 Å². The molecule has 0 unspecified atom stereocenters. The molecule has 5 nitrogen and oxygen atoms in total. The van der Waals surface area contributed by atoms with Gasteiger partial charge >= 0.3 is 12.1 Å². The van der Waals surface area contributed by atoms with Crippen LogP contribution in [0, 0.1) is 5.82 Å². The van der Waals surface area contributed by atoms with Gasteiger partial charge in [-0.3, -0.25) is 0 Å². The zero-order chi connectivity index (χ0) is 25.2. The number of ether oxygens (including phenoxy) is 2. The van der Waals surface area contributed by atoms with Crippen LogP contribution < -0.4 is 0 Å². The number of carbonyl (C=O) groups is 1. The largest absolute Gasteiger partial charge is 0.465 e. The van der Waals surface area contributed by atoms with Gasteiger partial charge in [-0.15, -0.1) is 0 Å². The molecule has 0 aliphatic heterocycles. The molecule has 0 atom stereocenters. The number of rotatable bonds is 6. The molecular formula is C26H19F4NO4. The maximum absolute atomic E-state index is 14.4. The van der Waals surface area contributed by atoms with Crippen molar-refractivity contribution >= 4 is 5.97 Å². The van der Waals surface area contributed by atoms with E-state index < -0.39 is 23.5 Å². The number of hydrogen-bond donors (Lipinski definition) is 0. The first-order valence-corrected chi connectivity index (χ1v) is 10.4. The first-order valence-electron chi connectivity index (χ1n) is 10.4. The smallest absolute Gasteiger partial charge is 0.417 e. The molecule has 0 aliphatic rings. The van der Waals surface area contributed by atoms with Crippen molar-refractivity contribution in [1.82, 2.24) is 5.16 Å². The number of alkyl halides is 3. The second-order valence-electron chi connectivity index (χ2n) is 7.57. The number of methoxy groups -OCH3 is 2. The summed E-state index contributed by atoms with van der Waals surface area (Å²) >= 11 is 0. The first kappa shape index (κ1) is 24.2. The Bertz CT molecular complexity index is 1360. The van der Waals surface area contributed by atoms with Gasteiger partial charge in [0, 0.05) is 29.9 Å². The van der Waals surface area contributed by atoms with Crippen LogP contribution in [0.1, 0.15) is 21.5 Å². The third kappa shape index (κ3) is 4.81. The third-order valence-electron chi connectivity index (χ3n) is 5.42. The van der Waals surface area contributed by atoms with Gasteiger partial charge in [-0.05, 0) is 23.3 Å². The minimum Gasteiger partial charge on any atom is -0.465 e. The number of aromatic nitrogens is 1. The Hall–Kier alpha value is -3.98. The minimum atomic E-state index is -4.68. The molecule has 0 aliphatic carbocycles. The Kier molecular flexibility index (Phi) is 6.70. The molecule has 180 valence electrons. The SMILES string of the molecule is COCc1c(-c2cc(-c3ccc(C(=O)OC)c(F)c3)no2)ccc(-c2ccccc2)c1C(F)(F)F. The van der Waals surface area contributed by atoms with Gasteiger partial charge in [-0.25, -0.2) is 9.18 Å². The molecule has 35 heavy (non-hydrogen) atoms. The van der Waals surface area contributed by atoms with Crippen molar-refractivity contribution in [2.75, 3.05) is 14.2 Å². The summed E-state index contributed by atoms with van der Waals surface area (Å²) in [6, 6.07) is 16.3. The van der Waals surface area contributed by atoms with Crippen LogP contribution in [0.15, 0.2) is 71.3 Å². The van der Waals surface area contributed by atoms with Crippen molar-refractivity contribution < 1.29 is 36.4 Å². The summed E-state index contributed by atoms with van der Waals surface area (Å²) < 4.78 is 72.2. The van der Waals surface area contributed by atoms with Gasteiger partial charge in [0.05, 0.1) is 24.8 Å². The van der Waals surface area contributed by atoms with E-state index in [0.717, 1.165) is 13.2 Å². The molecule has 0 bridgehead atoms. The van der Waals surface area contributed by atoms with Crippen molar-refractivity contribution in [2.45, 2.75) is 12.8 Å². The summed E-state index contributed by atoms with van der Waals surface area (Å²) in [6.07, 6.45) is -4.68. The van der Waals surface area contributed by atoms with E-state index in [1.54, 1.807) is 30.3 Å². The highest BCUT2D eigenvalue weighted by molar-refractivity contribution is 5.90. The first-order chi connectivity index (χ1) is 16.7. The zero-order valence-electron chi connectivity index (χ0n) is 18.7. The van der Waals surface area contributed by atoms with E-state index in [2.05, 4.69) is 9.89 Å². The van der Waals surface area contributed by atoms with E-state index >= 15 is 0 Å². The average Bonchev–Trinajstić information content (AvgIpc) is 3.33. The highest BCUT2D eigenvalue weighted by Crippen LogP contribution is 2.43. The summed E-state index contributed by atoms with van der Waals surface area (Å²) in [4.78, 5) is 11.6. The fourth-order valence-corrected chi connectivity index (χ4v) is 3.84. The summed E-state index contributed by atoms with van der Waals surface area (Å²) in [6.45, 7) is -0.330. The van der Waals surface area contributed by atoms with Gasteiger partial charge < -0.3 is 14.0 Å². The van der Waals surface area contributed by atoms with Gasteiger partial charge in [0.2, 0.25) is 0 Å². The Balaban J connectivity index is 1.83. The number of hydrogen-bond acceptors (Lipinski definition) is 5. The second kappa shape index (κ2) is 9.71. The van der Waals surface area contributed by atoms with E-state index in [9.17, 15) is 22.4 Å². The fourth-order valence-electron chi connectivity index (χ4n) is 3.84. The van der Waals surface area contributed by atoms with Gasteiger partial charge in [0.25, 0.3) is 0 Å². The van der Waals surface area contributed by atoms with Gasteiger partial charge in [-0.1, -0.05) is 53.7 Å². The number of nitrogens with zero attached hydrogens (tertiary/aromatic N) is 1. The van der Waals surface area contributed by atoms with E-state index in [1.807, 2.05) is 0 Å². The highest BCUT2D eigenvalue weighted by Gasteiger charge is 2.38. The van der Waals surface area contributed by atoms with Crippen LogP contribution in [-0.4, -0.2) is 25.3 Å². The minimum absolute atomic E-state index is 0.00843. The molecular weight excluding hydrogens is 466 g/mol. The van der Waals surface area contributed by atoms with Gasteiger partial charge in [-0.2, -0.15) is 13.2 Å². The second-order valence-corrected chi connectivity index (χ2v) is 7.57. The Morgan fingerprint density at radius 3 is 2.29 bits per heavy atom. The van der Waals surface area contributed by atoms with Crippen LogP contribution in [-0.2, 0) is 22.3 Å². The summed E-state index contributed by atoms with van der Waals surface area (Å²) in [5.41, 5.74) is -0.198. The van der Waals surface area contributed by atoms with E-state index in [4.69, 9.17) is 9.26 Å². The Morgan fingerprint density at radius 1 is 0.943 bits per heavy atom. The summed E-state index contributed by atoms with van der Waals surface area (Å²) in [5.74, 6) is -1.61. The molecule has 0 fully saturated rings. The quantitative estimate of drug-likeness (QED) is 0.223. The molecule has 3 aromatic carbocycles. The molecule has 0 saturated carbocycles. The number of halogens is 4. The molecule has 0 N–H and O–H groups in total. The van der Waals surface area contributed by atoms with E-state index in [-0.39, 0.29) is 45.9 Å². The topological polar surface area (TPSA) is 61.6 Å². The number of benzene rings is 3. The van der Waals surface area contributed by atoms with Crippen LogP contribution >= 0.6 is 0 Å². The standard InChI is InChI=1S/C26H19F4NO4/c1-33-14-20-18(11-10-17(24(20)26(28,29)30)15-6-4-3-5-7-15)23-13-22(31-35-23)16-8-9-19(21(27)12-16)25(32)34-2/h3-13H,14H2,1-2H3. The van der Waals surface area contributed by atoms with Crippen LogP contribution in [0.5, 0.6) is 0 Å². The number of carbonyl (C=O) groups excluding carboxylic acids is 1. The molecule has 0 spiro atoms. The van der Waals surface area contributed by atoms with Crippen LogP contribution in [0.2, 0.25) is 0 Å². The van der Waals surface area contributed by atoms with Crippen molar-refractivity contribution in [3.8, 4) is 33.7 Å². The van der Waals surface area contributed by atoms with Crippen LogP contribution in [0.3, 0.4) is 0 Å². The molecule has 1 aromatic heterocycles. The summed E-state index contributed by atoms with van der Waals surface area (Å²) in [5, 5.41) is 3.89. The predicted molar refractivity (Wildman–Crippen MR) is 120 cm³/mol. The van der Waals surface area contributed by atoms with Crippen molar-refractivity contribution in [1.29, 1.82) is 0 Å². The molecule has 1 heterocycles. The number of esters is 1. The lowest BCUT2D eigenvalue weighted by Gasteiger charge is -2.20. The highest BCUT2D eigenvalue weighted by atomic mass is 19.4.